The Morgan fingerprint density at radius 1 is 1.24 bits per heavy atom. The van der Waals surface area contributed by atoms with E-state index in [-0.39, 0.29) is 17.7 Å². The number of pyridine rings is 1. The molecule has 3 rings (SSSR count). The number of aromatic nitrogens is 1. The molecule has 1 aliphatic rings. The second-order valence-electron chi connectivity index (χ2n) is 5.01. The zero-order valence-corrected chi connectivity index (χ0v) is 12.8. The highest BCUT2D eigenvalue weighted by molar-refractivity contribution is 9.10. The van der Waals surface area contributed by atoms with Crippen LogP contribution in [0, 0.1) is 0 Å². The lowest BCUT2D eigenvalue weighted by atomic mass is 9.98. The molecule has 1 aliphatic heterocycles. The fourth-order valence-corrected chi connectivity index (χ4v) is 2.90. The van der Waals surface area contributed by atoms with Crippen LogP contribution in [-0.2, 0) is 4.79 Å². The first-order chi connectivity index (χ1) is 10.1. The second-order valence-corrected chi connectivity index (χ2v) is 5.93. The van der Waals surface area contributed by atoms with Crippen LogP contribution in [-0.4, -0.2) is 28.2 Å². The summed E-state index contributed by atoms with van der Waals surface area (Å²) >= 11 is 3.28. The SMILES string of the molecule is O=C1C[C@@H](c2ccccc2)CN1C(=O)c1cncc(Br)c1. The molecular formula is C16H13BrN2O2. The van der Waals surface area contributed by atoms with Crippen LogP contribution in [0.5, 0.6) is 0 Å². The number of carbonyl (C=O) groups is 2. The number of hydrogen-bond acceptors (Lipinski definition) is 3. The standard InChI is InChI=1S/C16H13BrN2O2/c17-14-6-12(8-18-9-14)16(21)19-10-13(7-15(19)20)11-4-2-1-3-5-11/h1-6,8-9,13H,7,10H2/t13-/m1/s1. The van der Waals surface area contributed by atoms with Crippen molar-refractivity contribution < 1.29 is 9.59 Å². The third-order valence-corrected chi connectivity index (χ3v) is 4.03. The van der Waals surface area contributed by atoms with E-state index in [1.165, 1.54) is 11.1 Å². The Morgan fingerprint density at radius 2 is 2.00 bits per heavy atom. The summed E-state index contributed by atoms with van der Waals surface area (Å²) in [5.74, 6) is -0.344. The van der Waals surface area contributed by atoms with Gasteiger partial charge in [-0.3, -0.25) is 19.5 Å². The van der Waals surface area contributed by atoms with Gasteiger partial charge in [-0.2, -0.15) is 0 Å². The predicted molar refractivity (Wildman–Crippen MR) is 81.8 cm³/mol. The van der Waals surface area contributed by atoms with Gasteiger partial charge in [0.05, 0.1) is 5.56 Å². The summed E-state index contributed by atoms with van der Waals surface area (Å²) in [5.41, 5.74) is 1.51. The molecule has 0 N–H and O–H groups in total. The lowest BCUT2D eigenvalue weighted by molar-refractivity contribution is -0.125. The third-order valence-electron chi connectivity index (χ3n) is 3.59. The van der Waals surface area contributed by atoms with Gasteiger partial charge in [-0.15, -0.1) is 0 Å². The molecule has 1 aromatic carbocycles. The van der Waals surface area contributed by atoms with E-state index in [0.717, 1.165) is 10.0 Å². The number of nitrogens with zero attached hydrogens (tertiary/aromatic N) is 2. The third kappa shape index (κ3) is 2.88. The van der Waals surface area contributed by atoms with Crippen LogP contribution in [0.3, 0.4) is 0 Å². The topological polar surface area (TPSA) is 50.3 Å². The Balaban J connectivity index is 1.81. The Morgan fingerprint density at radius 3 is 2.71 bits per heavy atom. The van der Waals surface area contributed by atoms with Crippen molar-refractivity contribution in [2.24, 2.45) is 0 Å². The summed E-state index contributed by atoms with van der Waals surface area (Å²) in [6, 6.07) is 11.5. The highest BCUT2D eigenvalue weighted by Crippen LogP contribution is 2.29. The quantitative estimate of drug-likeness (QED) is 0.787. The highest BCUT2D eigenvalue weighted by Gasteiger charge is 2.35. The summed E-state index contributed by atoms with van der Waals surface area (Å²) in [6.45, 7) is 0.425. The van der Waals surface area contributed by atoms with Gasteiger partial charge in [0.1, 0.15) is 0 Å². The Labute approximate surface area is 130 Å². The first kappa shape index (κ1) is 13.9. The van der Waals surface area contributed by atoms with Crippen LogP contribution in [0.2, 0.25) is 0 Å². The molecule has 0 spiro atoms. The molecule has 0 aliphatic carbocycles. The highest BCUT2D eigenvalue weighted by atomic mass is 79.9. The normalized spacial score (nSPS) is 18.0. The van der Waals surface area contributed by atoms with Crippen molar-refractivity contribution in [2.75, 3.05) is 6.54 Å². The van der Waals surface area contributed by atoms with Gasteiger partial charge in [-0.05, 0) is 27.6 Å². The van der Waals surface area contributed by atoms with E-state index >= 15 is 0 Å². The van der Waals surface area contributed by atoms with Gasteiger partial charge in [0.2, 0.25) is 5.91 Å². The molecule has 4 nitrogen and oxygen atoms in total. The average Bonchev–Trinajstić information content (AvgIpc) is 2.89. The van der Waals surface area contributed by atoms with E-state index in [1.807, 2.05) is 30.3 Å². The molecule has 5 heteroatoms. The molecule has 0 radical (unpaired) electrons. The minimum absolute atomic E-state index is 0.0720. The lowest BCUT2D eigenvalue weighted by Gasteiger charge is -2.15. The first-order valence-corrected chi connectivity index (χ1v) is 7.44. The van der Waals surface area contributed by atoms with E-state index in [2.05, 4.69) is 20.9 Å². The Bertz CT molecular complexity index is 688. The molecule has 2 amide bonds. The van der Waals surface area contributed by atoms with Gasteiger partial charge >= 0.3 is 0 Å². The Kier molecular flexibility index (Phi) is 3.84. The van der Waals surface area contributed by atoms with Crippen molar-refractivity contribution >= 4 is 27.7 Å². The van der Waals surface area contributed by atoms with Gasteiger partial charge in [-0.25, -0.2) is 0 Å². The molecule has 2 aromatic rings. The number of rotatable bonds is 2. The Hall–Kier alpha value is -2.01. The number of amides is 2. The van der Waals surface area contributed by atoms with Crippen molar-refractivity contribution in [1.82, 2.24) is 9.88 Å². The van der Waals surface area contributed by atoms with Crippen LogP contribution in [0.25, 0.3) is 0 Å². The van der Waals surface area contributed by atoms with Crippen LogP contribution >= 0.6 is 15.9 Å². The van der Waals surface area contributed by atoms with Crippen molar-refractivity contribution in [1.29, 1.82) is 0 Å². The minimum atomic E-state index is -0.285. The van der Waals surface area contributed by atoms with E-state index in [1.54, 1.807) is 12.3 Å². The number of carbonyl (C=O) groups excluding carboxylic acids is 2. The summed E-state index contributed by atoms with van der Waals surface area (Å²) in [6.07, 6.45) is 3.46. The maximum Gasteiger partial charge on any atom is 0.262 e. The zero-order valence-electron chi connectivity index (χ0n) is 11.2. The fourth-order valence-electron chi connectivity index (χ4n) is 2.54. The van der Waals surface area contributed by atoms with Gasteiger partial charge in [-0.1, -0.05) is 30.3 Å². The number of imide groups is 1. The average molecular weight is 345 g/mol. The van der Waals surface area contributed by atoms with Crippen molar-refractivity contribution in [2.45, 2.75) is 12.3 Å². The van der Waals surface area contributed by atoms with E-state index < -0.39 is 0 Å². The summed E-state index contributed by atoms with van der Waals surface area (Å²) in [5, 5.41) is 0. The predicted octanol–water partition coefficient (Wildman–Crippen LogP) is 3.00. The molecule has 1 aromatic heterocycles. The fraction of sp³-hybridized carbons (Fsp3) is 0.188. The van der Waals surface area contributed by atoms with Crippen molar-refractivity contribution in [3.8, 4) is 0 Å². The smallest absolute Gasteiger partial charge is 0.262 e. The van der Waals surface area contributed by atoms with Gasteiger partial charge in [0.15, 0.2) is 0 Å². The minimum Gasteiger partial charge on any atom is -0.278 e. The summed E-state index contributed by atoms with van der Waals surface area (Å²) in [7, 11) is 0. The number of benzene rings is 1. The molecule has 0 saturated carbocycles. The van der Waals surface area contributed by atoms with Crippen LogP contribution in [0.1, 0.15) is 28.3 Å². The maximum absolute atomic E-state index is 12.4. The maximum atomic E-state index is 12.4. The molecular weight excluding hydrogens is 332 g/mol. The summed E-state index contributed by atoms with van der Waals surface area (Å²) < 4.78 is 0.722. The van der Waals surface area contributed by atoms with Crippen LogP contribution < -0.4 is 0 Å². The second kappa shape index (κ2) is 5.77. The summed E-state index contributed by atoms with van der Waals surface area (Å²) in [4.78, 5) is 29.9. The molecule has 106 valence electrons. The number of halogens is 1. The van der Waals surface area contributed by atoms with Crippen molar-refractivity contribution in [3.05, 3.63) is 64.4 Å². The zero-order chi connectivity index (χ0) is 14.8. The van der Waals surface area contributed by atoms with E-state index in [9.17, 15) is 9.59 Å². The molecule has 0 bridgehead atoms. The largest absolute Gasteiger partial charge is 0.278 e. The van der Waals surface area contributed by atoms with Crippen molar-refractivity contribution in [3.63, 3.8) is 0 Å². The van der Waals surface area contributed by atoms with Gasteiger partial charge < -0.3 is 0 Å². The van der Waals surface area contributed by atoms with E-state index in [4.69, 9.17) is 0 Å². The number of hydrogen-bond donors (Lipinski definition) is 0. The molecule has 0 unspecified atom stereocenters. The van der Waals surface area contributed by atoms with Crippen LogP contribution in [0.15, 0.2) is 53.3 Å². The number of likely N-dealkylation sites (tertiary alicyclic amines) is 1. The first-order valence-electron chi connectivity index (χ1n) is 6.65. The van der Waals surface area contributed by atoms with Gasteiger partial charge in [0, 0.05) is 35.7 Å². The molecule has 21 heavy (non-hydrogen) atoms. The molecule has 1 atom stereocenters. The monoisotopic (exact) mass is 344 g/mol. The lowest BCUT2D eigenvalue weighted by Crippen LogP contribution is -2.32. The molecule has 1 fully saturated rings. The molecule has 1 saturated heterocycles. The van der Waals surface area contributed by atoms with Gasteiger partial charge in [0.25, 0.3) is 5.91 Å². The molecule has 2 heterocycles. The van der Waals surface area contributed by atoms with Crippen LogP contribution in [0.4, 0.5) is 0 Å². The van der Waals surface area contributed by atoms with E-state index in [0.29, 0.717) is 18.5 Å².